The van der Waals surface area contributed by atoms with E-state index in [2.05, 4.69) is 0 Å². The fourth-order valence-corrected chi connectivity index (χ4v) is 5.06. The van der Waals surface area contributed by atoms with Crippen molar-refractivity contribution in [2.24, 2.45) is 0 Å². The normalized spacial score (nSPS) is 18.9. The summed E-state index contributed by atoms with van der Waals surface area (Å²) in [4.78, 5) is 13.0. The molecular weight excluding hydrogens is 385 g/mol. The molecule has 150 valence electrons. The highest BCUT2D eigenvalue weighted by molar-refractivity contribution is 7.88. The van der Waals surface area contributed by atoms with E-state index in [1.54, 1.807) is 18.2 Å². The lowest BCUT2D eigenvalue weighted by Crippen LogP contribution is -2.50. The molecule has 9 heteroatoms. The van der Waals surface area contributed by atoms with Crippen molar-refractivity contribution in [2.45, 2.75) is 18.7 Å². The van der Waals surface area contributed by atoms with Crippen LogP contribution >= 0.6 is 0 Å². The van der Waals surface area contributed by atoms with Gasteiger partial charge in [-0.15, -0.1) is 0 Å². The van der Waals surface area contributed by atoms with Crippen LogP contribution in [0.3, 0.4) is 0 Å². The minimum atomic E-state index is -3.64. The Labute approximate surface area is 163 Å². The summed E-state index contributed by atoms with van der Waals surface area (Å²) >= 11 is 0. The Bertz CT molecular complexity index is 950. The number of nitrogens with zero attached hydrogens (tertiary/aromatic N) is 3. The summed E-state index contributed by atoms with van der Waals surface area (Å²) in [5.74, 6) is -0.655. The highest BCUT2D eigenvalue weighted by Gasteiger charge is 2.36. The summed E-state index contributed by atoms with van der Waals surface area (Å²) in [6.45, 7) is 3.54. The zero-order valence-corrected chi connectivity index (χ0v) is 16.3. The molecule has 7 nitrogen and oxygen atoms in total. The van der Waals surface area contributed by atoms with Gasteiger partial charge in [-0.1, -0.05) is 37.3 Å². The predicted molar refractivity (Wildman–Crippen MR) is 104 cm³/mol. The van der Waals surface area contributed by atoms with Gasteiger partial charge in [0.05, 0.1) is 16.7 Å². The summed E-state index contributed by atoms with van der Waals surface area (Å²) in [6.07, 6.45) is 0. The molecule has 28 heavy (non-hydrogen) atoms. The summed E-state index contributed by atoms with van der Waals surface area (Å²) in [6, 6.07) is 11.4. The van der Waals surface area contributed by atoms with Crippen LogP contribution in [0, 0.1) is 15.9 Å². The molecule has 1 saturated heterocycles. The molecule has 1 aliphatic heterocycles. The van der Waals surface area contributed by atoms with Gasteiger partial charge in [0.25, 0.3) is 5.69 Å². The van der Waals surface area contributed by atoms with Gasteiger partial charge in [-0.2, -0.15) is 4.31 Å². The Morgan fingerprint density at radius 3 is 2.46 bits per heavy atom. The number of hydrogen-bond acceptors (Lipinski definition) is 5. The molecule has 0 radical (unpaired) electrons. The lowest BCUT2D eigenvalue weighted by molar-refractivity contribution is -0.386. The zero-order chi connectivity index (χ0) is 20.3. The van der Waals surface area contributed by atoms with Crippen LogP contribution in [0.4, 0.5) is 10.1 Å². The lowest BCUT2D eigenvalue weighted by atomic mass is 10.0. The number of para-hydroxylation sites is 1. The monoisotopic (exact) mass is 407 g/mol. The minimum absolute atomic E-state index is 0.0104. The maximum atomic E-state index is 13.1. The van der Waals surface area contributed by atoms with Crippen LogP contribution in [0.1, 0.15) is 24.1 Å². The SMILES string of the molecule is CCN1CCN(S(=O)(=O)Cc2ccc(F)cc2)CC1c1ccccc1[N+](=O)[O-]. The van der Waals surface area contributed by atoms with E-state index in [9.17, 15) is 22.9 Å². The molecule has 1 fully saturated rings. The second-order valence-corrected chi connectivity index (χ2v) is 8.67. The molecule has 0 saturated carbocycles. The molecule has 1 atom stereocenters. The molecule has 0 N–H and O–H groups in total. The van der Waals surface area contributed by atoms with E-state index in [0.29, 0.717) is 30.8 Å². The fraction of sp³-hybridized carbons (Fsp3) is 0.368. The van der Waals surface area contributed by atoms with E-state index in [0.717, 1.165) is 0 Å². The van der Waals surface area contributed by atoms with Crippen molar-refractivity contribution in [1.82, 2.24) is 9.21 Å². The molecule has 0 aromatic heterocycles. The lowest BCUT2D eigenvalue weighted by Gasteiger charge is -2.40. The average molecular weight is 407 g/mol. The molecular formula is C19H22FN3O4S. The second kappa shape index (κ2) is 8.34. The number of benzene rings is 2. The van der Waals surface area contributed by atoms with Gasteiger partial charge in [-0.05, 0) is 24.2 Å². The third-order valence-corrected chi connectivity index (χ3v) is 6.82. The fourth-order valence-electron chi connectivity index (χ4n) is 3.54. The molecule has 0 spiro atoms. The Morgan fingerprint density at radius 1 is 1.14 bits per heavy atom. The average Bonchev–Trinajstić information content (AvgIpc) is 2.69. The molecule has 1 aliphatic rings. The van der Waals surface area contributed by atoms with Crippen LogP contribution in [-0.2, 0) is 15.8 Å². The predicted octanol–water partition coefficient (Wildman–Crippen LogP) is 2.94. The second-order valence-electron chi connectivity index (χ2n) is 6.70. The third-order valence-electron chi connectivity index (χ3n) is 5.01. The molecule has 0 aliphatic carbocycles. The number of nitro groups is 1. The van der Waals surface area contributed by atoms with E-state index in [1.807, 2.05) is 11.8 Å². The van der Waals surface area contributed by atoms with Crippen molar-refractivity contribution in [3.8, 4) is 0 Å². The third kappa shape index (κ3) is 4.37. The van der Waals surface area contributed by atoms with Crippen molar-refractivity contribution < 1.29 is 17.7 Å². The molecule has 1 unspecified atom stereocenters. The van der Waals surface area contributed by atoms with Gasteiger partial charge >= 0.3 is 0 Å². The molecule has 2 aromatic carbocycles. The maximum Gasteiger partial charge on any atom is 0.274 e. The van der Waals surface area contributed by atoms with Gasteiger partial charge in [0.1, 0.15) is 5.82 Å². The quantitative estimate of drug-likeness (QED) is 0.543. The van der Waals surface area contributed by atoms with Gasteiger partial charge < -0.3 is 0 Å². The number of halogens is 1. The summed E-state index contributed by atoms with van der Waals surface area (Å²) in [7, 11) is -3.64. The Balaban J connectivity index is 1.87. The largest absolute Gasteiger partial charge is 0.294 e. The first kappa shape index (κ1) is 20.4. The van der Waals surface area contributed by atoms with Crippen molar-refractivity contribution in [1.29, 1.82) is 0 Å². The first-order valence-electron chi connectivity index (χ1n) is 9.01. The van der Waals surface area contributed by atoms with Crippen LogP contribution in [0.25, 0.3) is 0 Å². The molecule has 0 amide bonds. The Morgan fingerprint density at radius 2 is 1.82 bits per heavy atom. The zero-order valence-electron chi connectivity index (χ0n) is 15.5. The van der Waals surface area contributed by atoms with Crippen molar-refractivity contribution in [2.75, 3.05) is 26.2 Å². The van der Waals surface area contributed by atoms with Crippen LogP contribution in [0.5, 0.6) is 0 Å². The highest BCUT2D eigenvalue weighted by Crippen LogP contribution is 2.33. The Kier molecular flexibility index (Phi) is 6.07. The number of rotatable bonds is 6. The van der Waals surface area contributed by atoms with E-state index in [-0.39, 0.29) is 18.0 Å². The summed E-state index contributed by atoms with van der Waals surface area (Å²) in [5.41, 5.74) is 1.00. The number of hydrogen-bond donors (Lipinski definition) is 0. The van der Waals surface area contributed by atoms with Gasteiger partial charge in [0.2, 0.25) is 10.0 Å². The standard InChI is InChI=1S/C19H22FN3O4S/c1-2-21-11-12-22(28(26,27)14-15-7-9-16(20)10-8-15)13-19(21)17-5-3-4-6-18(17)23(24)25/h3-10,19H,2,11-14H2,1H3. The topological polar surface area (TPSA) is 83.8 Å². The van der Waals surface area contributed by atoms with E-state index in [1.165, 1.54) is 34.6 Å². The van der Waals surface area contributed by atoms with Crippen molar-refractivity contribution in [3.05, 3.63) is 75.6 Å². The van der Waals surface area contributed by atoms with Crippen LogP contribution in [-0.4, -0.2) is 48.7 Å². The summed E-state index contributed by atoms with van der Waals surface area (Å²) in [5, 5.41) is 11.4. The smallest absolute Gasteiger partial charge is 0.274 e. The van der Waals surface area contributed by atoms with Crippen molar-refractivity contribution >= 4 is 15.7 Å². The molecule has 1 heterocycles. The van der Waals surface area contributed by atoms with E-state index in [4.69, 9.17) is 0 Å². The first-order chi connectivity index (χ1) is 13.3. The number of nitro benzene ring substituents is 1. The highest BCUT2D eigenvalue weighted by atomic mass is 32.2. The minimum Gasteiger partial charge on any atom is -0.294 e. The Hall–Kier alpha value is -2.36. The van der Waals surface area contributed by atoms with Gasteiger partial charge in [0, 0.05) is 31.3 Å². The van der Waals surface area contributed by atoms with Crippen LogP contribution in [0.2, 0.25) is 0 Å². The van der Waals surface area contributed by atoms with Crippen LogP contribution < -0.4 is 0 Å². The van der Waals surface area contributed by atoms with Crippen LogP contribution in [0.15, 0.2) is 48.5 Å². The first-order valence-corrected chi connectivity index (χ1v) is 10.6. The number of sulfonamides is 1. The van der Waals surface area contributed by atoms with E-state index >= 15 is 0 Å². The van der Waals surface area contributed by atoms with E-state index < -0.39 is 26.8 Å². The molecule has 2 aromatic rings. The molecule has 0 bridgehead atoms. The van der Waals surface area contributed by atoms with Gasteiger partial charge in [-0.3, -0.25) is 15.0 Å². The maximum absolute atomic E-state index is 13.1. The number of piperazine rings is 1. The summed E-state index contributed by atoms with van der Waals surface area (Å²) < 4.78 is 40.3. The molecule has 3 rings (SSSR count). The van der Waals surface area contributed by atoms with Gasteiger partial charge in [-0.25, -0.2) is 12.8 Å². The van der Waals surface area contributed by atoms with Crippen molar-refractivity contribution in [3.63, 3.8) is 0 Å². The van der Waals surface area contributed by atoms with Gasteiger partial charge in [0.15, 0.2) is 0 Å². The number of likely N-dealkylation sites (N-methyl/N-ethyl adjacent to an activating group) is 1.